The van der Waals surface area contributed by atoms with Crippen LogP contribution >= 0.6 is 34.5 Å². The number of hydrogen-bond acceptors (Lipinski definition) is 6. The molecule has 4 aromatic rings. The highest BCUT2D eigenvalue weighted by Crippen LogP contribution is 2.36. The molecule has 0 bridgehead atoms. The van der Waals surface area contributed by atoms with Crippen molar-refractivity contribution >= 4 is 63.8 Å². The van der Waals surface area contributed by atoms with Crippen molar-refractivity contribution in [1.82, 2.24) is 14.9 Å². The maximum absolute atomic E-state index is 13.7. The minimum Gasteiger partial charge on any atom is -0.323 e. The molecule has 3 aromatic heterocycles. The number of hydrogen-bond donors (Lipinski definition) is 2. The van der Waals surface area contributed by atoms with Gasteiger partial charge in [0.1, 0.15) is 16.7 Å². The molecule has 2 N–H and O–H groups in total. The summed E-state index contributed by atoms with van der Waals surface area (Å²) in [7, 11) is 0. The fraction of sp³-hybridized carbons (Fsp3) is 0.179. The molecule has 1 aliphatic rings. The second kappa shape index (κ2) is 11.7. The number of carbonyl (C=O) groups excluding carboxylic acids is 3. The fourth-order valence-corrected chi connectivity index (χ4v) is 5.91. The van der Waals surface area contributed by atoms with E-state index in [-0.39, 0.29) is 39.8 Å². The Morgan fingerprint density at radius 2 is 1.90 bits per heavy atom. The summed E-state index contributed by atoms with van der Waals surface area (Å²) in [5.41, 5.74) is 0.491. The van der Waals surface area contributed by atoms with Crippen LogP contribution < -0.4 is 10.6 Å². The summed E-state index contributed by atoms with van der Waals surface area (Å²) in [6.07, 6.45) is -2.17. The Kier molecular flexibility index (Phi) is 8.22. The number of aryl methyl sites for hydroxylation is 1. The van der Waals surface area contributed by atoms with Crippen LogP contribution in [-0.2, 0) is 23.9 Å². The minimum absolute atomic E-state index is 0.0278. The summed E-state index contributed by atoms with van der Waals surface area (Å²) in [4.78, 5) is 49.5. The maximum Gasteiger partial charge on any atom is 0.418 e. The van der Waals surface area contributed by atoms with E-state index >= 15 is 0 Å². The van der Waals surface area contributed by atoms with E-state index in [1.54, 1.807) is 30.5 Å². The molecule has 1 unspecified atom stereocenters. The average molecular weight is 634 g/mol. The number of anilines is 2. The van der Waals surface area contributed by atoms with E-state index in [2.05, 4.69) is 20.6 Å². The summed E-state index contributed by atoms with van der Waals surface area (Å²) in [5, 5.41) is 5.26. The third kappa shape index (κ3) is 6.25. The minimum atomic E-state index is -4.57. The number of nitrogens with zero attached hydrogens (tertiary/aromatic N) is 3. The van der Waals surface area contributed by atoms with Crippen LogP contribution in [0.3, 0.4) is 0 Å². The van der Waals surface area contributed by atoms with Crippen molar-refractivity contribution in [3.05, 3.63) is 103 Å². The van der Waals surface area contributed by atoms with Gasteiger partial charge in [-0.25, -0.2) is 4.98 Å². The zero-order valence-electron chi connectivity index (χ0n) is 21.6. The lowest BCUT2D eigenvalue weighted by Gasteiger charge is -2.28. The number of alkyl halides is 3. The van der Waals surface area contributed by atoms with Gasteiger partial charge >= 0.3 is 6.18 Å². The second-order valence-corrected chi connectivity index (χ2v) is 11.5. The Bertz CT molecular complexity index is 1700. The number of benzene rings is 1. The first-order valence-corrected chi connectivity index (χ1v) is 13.9. The molecular weight excluding hydrogens is 614 g/mol. The number of pyridine rings is 2. The average Bonchev–Trinajstić information content (AvgIpc) is 3.26. The number of nitrogens with one attached hydrogen (secondary N) is 2. The van der Waals surface area contributed by atoms with Crippen LogP contribution in [0.1, 0.15) is 42.4 Å². The van der Waals surface area contributed by atoms with Gasteiger partial charge < -0.3 is 15.5 Å². The van der Waals surface area contributed by atoms with E-state index in [0.29, 0.717) is 27.5 Å². The topological polar surface area (TPSA) is 104 Å². The smallest absolute Gasteiger partial charge is 0.323 e. The monoisotopic (exact) mass is 633 g/mol. The number of carbonyl (C=O) groups is 3. The van der Waals surface area contributed by atoms with E-state index in [1.807, 2.05) is 0 Å². The van der Waals surface area contributed by atoms with Gasteiger partial charge in [0.15, 0.2) is 0 Å². The summed E-state index contributed by atoms with van der Waals surface area (Å²) in [5.74, 6) is -1.59. The first-order valence-electron chi connectivity index (χ1n) is 12.4. The molecule has 1 aliphatic heterocycles. The number of rotatable bonds is 6. The van der Waals surface area contributed by atoms with E-state index in [1.165, 1.54) is 30.0 Å². The van der Waals surface area contributed by atoms with Crippen molar-refractivity contribution in [2.24, 2.45) is 0 Å². The van der Waals surface area contributed by atoms with Crippen molar-refractivity contribution in [2.75, 3.05) is 10.6 Å². The van der Waals surface area contributed by atoms with Crippen molar-refractivity contribution < 1.29 is 27.6 Å². The fourth-order valence-electron chi connectivity index (χ4n) is 4.49. The molecule has 3 amide bonds. The Morgan fingerprint density at radius 3 is 2.57 bits per heavy atom. The van der Waals surface area contributed by atoms with Gasteiger partial charge in [0.05, 0.1) is 26.2 Å². The summed E-state index contributed by atoms with van der Waals surface area (Å²) in [6.45, 7) is 1.24. The Labute approximate surface area is 251 Å². The molecule has 42 heavy (non-hydrogen) atoms. The number of halogens is 5. The highest BCUT2D eigenvalue weighted by atomic mass is 35.5. The zero-order valence-corrected chi connectivity index (χ0v) is 24.0. The third-order valence-electron chi connectivity index (χ3n) is 6.51. The van der Waals surface area contributed by atoms with Gasteiger partial charge in [-0.3, -0.25) is 19.4 Å². The SMILES string of the molecule is Cc1cc(NC(=O)c2ccc(CN3C(=O)c4sc(Cl)cc4NC(=O)C3Cc3ccccn3)cc2Cl)ncc1C(F)(F)F. The van der Waals surface area contributed by atoms with Gasteiger partial charge in [-0.05, 0) is 54.4 Å². The van der Waals surface area contributed by atoms with Crippen molar-refractivity contribution in [3.63, 3.8) is 0 Å². The van der Waals surface area contributed by atoms with Crippen LogP contribution in [0.15, 0.2) is 60.9 Å². The quantitative estimate of drug-likeness (QED) is 0.248. The predicted octanol–water partition coefficient (Wildman–Crippen LogP) is 6.63. The van der Waals surface area contributed by atoms with Gasteiger partial charge in [-0.1, -0.05) is 35.3 Å². The highest BCUT2D eigenvalue weighted by Gasteiger charge is 2.37. The molecule has 1 atom stereocenters. The molecule has 0 saturated heterocycles. The Morgan fingerprint density at radius 1 is 1.12 bits per heavy atom. The number of thiophene rings is 1. The Hall–Kier alpha value is -4.00. The zero-order chi connectivity index (χ0) is 30.2. The van der Waals surface area contributed by atoms with E-state index in [9.17, 15) is 27.6 Å². The number of aromatic nitrogens is 2. The van der Waals surface area contributed by atoms with Crippen molar-refractivity contribution in [3.8, 4) is 0 Å². The van der Waals surface area contributed by atoms with Crippen molar-refractivity contribution in [2.45, 2.75) is 32.1 Å². The van der Waals surface area contributed by atoms with Crippen LogP contribution in [0.4, 0.5) is 24.7 Å². The van der Waals surface area contributed by atoms with Gasteiger partial charge in [0, 0.05) is 31.1 Å². The summed E-state index contributed by atoms with van der Waals surface area (Å²) in [6, 6.07) is 11.5. The number of fused-ring (bicyclic) bond motifs is 1. The number of amides is 3. The normalized spacial score (nSPS) is 15.2. The molecule has 8 nitrogen and oxygen atoms in total. The Balaban J connectivity index is 1.40. The molecule has 4 heterocycles. The molecule has 0 fully saturated rings. The first kappa shape index (κ1) is 29.5. The lowest BCUT2D eigenvalue weighted by molar-refractivity contribution is -0.138. The van der Waals surface area contributed by atoms with Gasteiger partial charge in [-0.15, -0.1) is 11.3 Å². The van der Waals surface area contributed by atoms with Crippen LogP contribution in [-0.4, -0.2) is 38.6 Å². The van der Waals surface area contributed by atoms with Crippen LogP contribution in [0.2, 0.25) is 9.36 Å². The molecule has 0 radical (unpaired) electrons. The molecule has 14 heteroatoms. The highest BCUT2D eigenvalue weighted by molar-refractivity contribution is 7.18. The summed E-state index contributed by atoms with van der Waals surface area (Å²) < 4.78 is 39.5. The largest absolute Gasteiger partial charge is 0.418 e. The van der Waals surface area contributed by atoms with Crippen LogP contribution in [0.5, 0.6) is 0 Å². The molecule has 0 spiro atoms. The van der Waals surface area contributed by atoms with Crippen LogP contribution in [0, 0.1) is 6.92 Å². The van der Waals surface area contributed by atoms with E-state index in [4.69, 9.17) is 23.2 Å². The maximum atomic E-state index is 13.7. The van der Waals surface area contributed by atoms with Gasteiger partial charge in [-0.2, -0.15) is 13.2 Å². The van der Waals surface area contributed by atoms with Gasteiger partial charge in [0.25, 0.3) is 11.8 Å². The van der Waals surface area contributed by atoms with Crippen LogP contribution in [0.25, 0.3) is 0 Å². The molecule has 216 valence electrons. The van der Waals surface area contributed by atoms with E-state index < -0.39 is 35.5 Å². The lowest BCUT2D eigenvalue weighted by Crippen LogP contribution is -2.46. The van der Waals surface area contributed by atoms with Crippen molar-refractivity contribution in [1.29, 1.82) is 0 Å². The molecule has 0 aliphatic carbocycles. The molecule has 5 rings (SSSR count). The molecule has 0 saturated carbocycles. The second-order valence-electron chi connectivity index (χ2n) is 9.41. The molecule has 1 aromatic carbocycles. The van der Waals surface area contributed by atoms with Gasteiger partial charge in [0.2, 0.25) is 5.91 Å². The lowest BCUT2D eigenvalue weighted by atomic mass is 10.1. The predicted molar refractivity (Wildman–Crippen MR) is 153 cm³/mol. The standard InChI is InChI=1S/C28H20Cl2F3N5O3S/c1-14-8-23(35-12-18(14)28(31,32)33)37-25(39)17-6-5-15(9-19(17)29)13-38-21(10-16-4-2-3-7-34-16)26(40)36-20-11-22(30)42-24(20)27(38)41/h2-9,11-12,21H,10,13H2,1H3,(H,36,40)(H,35,37,39). The van der Waals surface area contributed by atoms with E-state index in [0.717, 1.165) is 17.4 Å². The summed E-state index contributed by atoms with van der Waals surface area (Å²) >= 11 is 13.6. The third-order valence-corrected chi connectivity index (χ3v) is 8.08. The molecular formula is C28H20Cl2F3N5O3S. The first-order chi connectivity index (χ1) is 19.9.